The lowest BCUT2D eigenvalue weighted by Crippen LogP contribution is -2.48. The molecule has 1 aromatic rings. The second-order valence-electron chi connectivity index (χ2n) is 5.64. The van der Waals surface area contributed by atoms with Gasteiger partial charge in [0, 0.05) is 11.0 Å². The summed E-state index contributed by atoms with van der Waals surface area (Å²) in [7, 11) is 0. The lowest BCUT2D eigenvalue weighted by Gasteiger charge is -2.46. The molecule has 0 aliphatic carbocycles. The summed E-state index contributed by atoms with van der Waals surface area (Å²) in [6.07, 6.45) is 6.43. The summed E-state index contributed by atoms with van der Waals surface area (Å²) in [5.74, 6) is 3.59. The van der Waals surface area contributed by atoms with Crippen LogP contribution in [-0.2, 0) is 6.42 Å². The third-order valence-electron chi connectivity index (χ3n) is 3.86. The zero-order chi connectivity index (χ0) is 12.0. The molecule has 0 atom stereocenters. The van der Waals surface area contributed by atoms with Gasteiger partial charge in [0.2, 0.25) is 0 Å². The van der Waals surface area contributed by atoms with Crippen LogP contribution in [0.15, 0.2) is 18.2 Å². The molecule has 0 saturated heterocycles. The lowest BCUT2D eigenvalue weighted by atomic mass is 9.71. The van der Waals surface area contributed by atoms with Crippen LogP contribution < -0.4 is 4.74 Å². The minimum atomic E-state index is -0.160. The van der Waals surface area contributed by atoms with E-state index in [1.165, 1.54) is 5.56 Å². The molecule has 1 heterocycles. The maximum atomic E-state index is 6.08. The van der Waals surface area contributed by atoms with Gasteiger partial charge in [-0.3, -0.25) is 0 Å². The third kappa shape index (κ3) is 1.59. The van der Waals surface area contributed by atoms with Gasteiger partial charge in [-0.1, -0.05) is 25.8 Å². The highest BCUT2D eigenvalue weighted by molar-refractivity contribution is 5.46. The number of hydrogen-bond donors (Lipinski definition) is 0. The van der Waals surface area contributed by atoms with Crippen LogP contribution in [0, 0.1) is 17.8 Å². The quantitative estimate of drug-likeness (QED) is 0.601. The molecule has 0 spiro atoms. The van der Waals surface area contributed by atoms with E-state index in [9.17, 15) is 0 Å². The first-order chi connectivity index (χ1) is 7.36. The Morgan fingerprint density at radius 3 is 2.56 bits per heavy atom. The first-order valence-electron chi connectivity index (χ1n) is 5.64. The van der Waals surface area contributed by atoms with Crippen molar-refractivity contribution in [1.82, 2.24) is 0 Å². The van der Waals surface area contributed by atoms with Crippen molar-refractivity contribution in [3.05, 3.63) is 29.3 Å². The molecule has 1 aliphatic heterocycles. The van der Waals surface area contributed by atoms with E-state index in [0.717, 1.165) is 17.7 Å². The SMILES string of the molecule is C#Cc1ccc2c(c1)OC(C)(C)C(C)(C)C2. The van der Waals surface area contributed by atoms with Gasteiger partial charge in [-0.05, 0) is 38.0 Å². The van der Waals surface area contributed by atoms with Crippen molar-refractivity contribution < 1.29 is 4.74 Å². The summed E-state index contributed by atoms with van der Waals surface area (Å²) in [5, 5.41) is 0. The van der Waals surface area contributed by atoms with E-state index < -0.39 is 0 Å². The van der Waals surface area contributed by atoms with E-state index in [2.05, 4.69) is 39.7 Å². The fourth-order valence-corrected chi connectivity index (χ4v) is 1.99. The molecule has 1 heteroatoms. The average molecular weight is 214 g/mol. The van der Waals surface area contributed by atoms with Crippen molar-refractivity contribution in [2.24, 2.45) is 5.41 Å². The largest absolute Gasteiger partial charge is 0.487 e. The predicted molar refractivity (Wildman–Crippen MR) is 66.6 cm³/mol. The van der Waals surface area contributed by atoms with Gasteiger partial charge in [0.05, 0.1) is 0 Å². The molecule has 0 bridgehead atoms. The number of benzene rings is 1. The summed E-state index contributed by atoms with van der Waals surface area (Å²) in [5.41, 5.74) is 2.11. The van der Waals surface area contributed by atoms with Crippen molar-refractivity contribution >= 4 is 0 Å². The van der Waals surface area contributed by atoms with Crippen molar-refractivity contribution in [3.8, 4) is 18.1 Å². The van der Waals surface area contributed by atoms with Crippen LogP contribution in [-0.4, -0.2) is 5.60 Å². The van der Waals surface area contributed by atoms with E-state index in [1.54, 1.807) is 0 Å². The molecule has 0 fully saturated rings. The second kappa shape index (κ2) is 3.28. The molecular formula is C15H18O. The lowest BCUT2D eigenvalue weighted by molar-refractivity contribution is -0.0270. The van der Waals surface area contributed by atoms with Gasteiger partial charge in [-0.2, -0.15) is 0 Å². The Hall–Kier alpha value is -1.42. The van der Waals surface area contributed by atoms with Crippen LogP contribution in [0.25, 0.3) is 0 Å². The summed E-state index contributed by atoms with van der Waals surface area (Å²) < 4.78 is 6.08. The maximum Gasteiger partial charge on any atom is 0.124 e. The van der Waals surface area contributed by atoms with Crippen LogP contribution in [0.3, 0.4) is 0 Å². The van der Waals surface area contributed by atoms with Crippen LogP contribution in [0.4, 0.5) is 0 Å². The van der Waals surface area contributed by atoms with Crippen molar-refractivity contribution in [2.45, 2.75) is 39.7 Å². The Balaban J connectivity index is 2.48. The fraction of sp³-hybridized carbons (Fsp3) is 0.467. The highest BCUT2D eigenvalue weighted by Crippen LogP contribution is 2.44. The molecule has 0 aromatic heterocycles. The topological polar surface area (TPSA) is 9.23 Å². The van der Waals surface area contributed by atoms with E-state index in [-0.39, 0.29) is 11.0 Å². The van der Waals surface area contributed by atoms with Gasteiger partial charge in [0.15, 0.2) is 0 Å². The van der Waals surface area contributed by atoms with E-state index >= 15 is 0 Å². The first kappa shape index (κ1) is 11.1. The fourth-order valence-electron chi connectivity index (χ4n) is 1.99. The minimum absolute atomic E-state index is 0.137. The molecule has 16 heavy (non-hydrogen) atoms. The Bertz CT molecular complexity index is 461. The molecular weight excluding hydrogens is 196 g/mol. The Morgan fingerprint density at radius 1 is 1.25 bits per heavy atom. The standard InChI is InChI=1S/C15H18O/c1-6-11-7-8-12-10-14(2,3)15(4,5)16-13(12)9-11/h1,7-9H,10H2,2-5H3. The Labute approximate surface area is 97.8 Å². The normalized spacial score (nSPS) is 20.4. The summed E-state index contributed by atoms with van der Waals surface area (Å²) in [6.45, 7) is 8.76. The van der Waals surface area contributed by atoms with Gasteiger partial charge in [0.25, 0.3) is 0 Å². The van der Waals surface area contributed by atoms with E-state index in [1.807, 2.05) is 12.1 Å². The highest BCUT2D eigenvalue weighted by atomic mass is 16.5. The van der Waals surface area contributed by atoms with Crippen molar-refractivity contribution in [3.63, 3.8) is 0 Å². The van der Waals surface area contributed by atoms with Crippen LogP contribution >= 0.6 is 0 Å². The highest BCUT2D eigenvalue weighted by Gasteiger charge is 2.43. The number of hydrogen-bond acceptors (Lipinski definition) is 1. The van der Waals surface area contributed by atoms with E-state index in [0.29, 0.717) is 0 Å². The minimum Gasteiger partial charge on any atom is -0.487 e. The molecule has 0 amide bonds. The summed E-state index contributed by atoms with van der Waals surface area (Å²) >= 11 is 0. The number of terminal acetylenes is 1. The van der Waals surface area contributed by atoms with Gasteiger partial charge in [-0.15, -0.1) is 6.42 Å². The predicted octanol–water partition coefficient (Wildman–Crippen LogP) is 3.41. The first-order valence-corrected chi connectivity index (χ1v) is 5.64. The zero-order valence-corrected chi connectivity index (χ0v) is 10.4. The molecule has 0 unspecified atom stereocenters. The van der Waals surface area contributed by atoms with Crippen molar-refractivity contribution in [1.29, 1.82) is 0 Å². The number of fused-ring (bicyclic) bond motifs is 1. The Kier molecular flexibility index (Phi) is 2.27. The molecule has 1 aromatic carbocycles. The molecule has 1 nitrogen and oxygen atoms in total. The number of ether oxygens (including phenoxy) is 1. The van der Waals surface area contributed by atoms with Crippen LogP contribution in [0.1, 0.15) is 38.8 Å². The van der Waals surface area contributed by atoms with Crippen molar-refractivity contribution in [2.75, 3.05) is 0 Å². The summed E-state index contributed by atoms with van der Waals surface area (Å²) in [6, 6.07) is 6.03. The van der Waals surface area contributed by atoms with E-state index in [4.69, 9.17) is 11.2 Å². The smallest absolute Gasteiger partial charge is 0.124 e. The van der Waals surface area contributed by atoms with Gasteiger partial charge in [0.1, 0.15) is 11.4 Å². The third-order valence-corrected chi connectivity index (χ3v) is 3.86. The second-order valence-corrected chi connectivity index (χ2v) is 5.64. The van der Waals surface area contributed by atoms with Gasteiger partial charge >= 0.3 is 0 Å². The van der Waals surface area contributed by atoms with Gasteiger partial charge < -0.3 is 4.74 Å². The molecule has 0 saturated carbocycles. The van der Waals surface area contributed by atoms with Gasteiger partial charge in [-0.25, -0.2) is 0 Å². The average Bonchev–Trinajstić information content (AvgIpc) is 2.18. The monoisotopic (exact) mass is 214 g/mol. The molecule has 0 N–H and O–H groups in total. The van der Waals surface area contributed by atoms with Crippen LogP contribution in [0.2, 0.25) is 0 Å². The number of rotatable bonds is 0. The Morgan fingerprint density at radius 2 is 1.94 bits per heavy atom. The summed E-state index contributed by atoms with van der Waals surface area (Å²) in [4.78, 5) is 0. The zero-order valence-electron chi connectivity index (χ0n) is 10.4. The molecule has 1 aliphatic rings. The van der Waals surface area contributed by atoms with Crippen LogP contribution in [0.5, 0.6) is 5.75 Å². The molecule has 2 rings (SSSR count). The maximum absolute atomic E-state index is 6.08. The molecule has 0 radical (unpaired) electrons. The molecule has 84 valence electrons.